The molecule has 0 saturated carbocycles. The third-order valence-corrected chi connectivity index (χ3v) is 3.20. The molecule has 3 aromatic rings. The van der Waals surface area contributed by atoms with Gasteiger partial charge in [-0.15, -0.1) is 0 Å². The number of anilines is 2. The number of hydrogen-bond acceptors (Lipinski definition) is 3. The highest BCUT2D eigenvalue weighted by molar-refractivity contribution is 5.85. The lowest BCUT2D eigenvalue weighted by Crippen LogP contribution is -1.88. The van der Waals surface area contributed by atoms with Crippen molar-refractivity contribution in [2.75, 3.05) is 5.32 Å². The molecule has 0 amide bonds. The summed E-state index contributed by atoms with van der Waals surface area (Å²) >= 11 is 0. The minimum atomic E-state index is 0.227. The Balaban J connectivity index is 1.78. The second kappa shape index (κ2) is 6.59. The molecule has 0 aliphatic heterocycles. The first kappa shape index (κ1) is 13.9. The molecule has 3 aromatic carbocycles. The molecule has 0 fully saturated rings. The maximum Gasteiger partial charge on any atom is 0.124 e. The normalized spacial score (nSPS) is 10.7. The summed E-state index contributed by atoms with van der Waals surface area (Å²) in [7, 11) is 0. The molecular formula is C19H16N2O. The Kier molecular flexibility index (Phi) is 4.16. The number of nitrogens with zero attached hydrogens (tertiary/aromatic N) is 1. The van der Waals surface area contributed by atoms with E-state index in [0.29, 0.717) is 5.56 Å². The summed E-state index contributed by atoms with van der Waals surface area (Å²) in [6.45, 7) is 0. The van der Waals surface area contributed by atoms with E-state index in [4.69, 9.17) is 0 Å². The zero-order valence-corrected chi connectivity index (χ0v) is 12.0. The molecular weight excluding hydrogens is 272 g/mol. The van der Waals surface area contributed by atoms with Crippen LogP contribution in [-0.2, 0) is 0 Å². The van der Waals surface area contributed by atoms with Crippen LogP contribution in [0.5, 0.6) is 5.75 Å². The fourth-order valence-electron chi connectivity index (χ4n) is 2.09. The van der Waals surface area contributed by atoms with Crippen LogP contribution in [0.3, 0.4) is 0 Å². The Morgan fingerprint density at radius 3 is 2.32 bits per heavy atom. The van der Waals surface area contributed by atoms with E-state index in [-0.39, 0.29) is 5.75 Å². The summed E-state index contributed by atoms with van der Waals surface area (Å²) in [6, 6.07) is 24.9. The van der Waals surface area contributed by atoms with Gasteiger partial charge in [-0.3, -0.25) is 4.99 Å². The molecule has 2 N–H and O–H groups in total. The van der Waals surface area contributed by atoms with Gasteiger partial charge in [-0.1, -0.05) is 36.4 Å². The van der Waals surface area contributed by atoms with Gasteiger partial charge in [-0.25, -0.2) is 0 Å². The van der Waals surface area contributed by atoms with E-state index in [1.54, 1.807) is 18.3 Å². The van der Waals surface area contributed by atoms with E-state index in [1.807, 2.05) is 66.7 Å². The molecule has 0 unspecified atom stereocenters. The van der Waals surface area contributed by atoms with Crippen LogP contribution in [0, 0.1) is 0 Å². The maximum absolute atomic E-state index is 9.73. The lowest BCUT2D eigenvalue weighted by Gasteiger charge is -2.06. The molecule has 3 heteroatoms. The Labute approximate surface area is 129 Å². The topological polar surface area (TPSA) is 44.6 Å². The van der Waals surface area contributed by atoms with Gasteiger partial charge in [0.05, 0.1) is 5.69 Å². The molecule has 0 aliphatic carbocycles. The molecule has 0 heterocycles. The number of rotatable bonds is 4. The largest absolute Gasteiger partial charge is 0.507 e. The lowest BCUT2D eigenvalue weighted by atomic mass is 10.2. The Bertz CT molecular complexity index is 782. The molecule has 0 aliphatic rings. The van der Waals surface area contributed by atoms with Crippen LogP contribution in [0.15, 0.2) is 83.9 Å². The number of hydrogen-bond donors (Lipinski definition) is 2. The Morgan fingerprint density at radius 2 is 1.50 bits per heavy atom. The summed E-state index contributed by atoms with van der Waals surface area (Å²) in [6.07, 6.45) is 1.66. The number of aromatic hydroxyl groups is 1. The van der Waals surface area contributed by atoms with Crippen molar-refractivity contribution in [1.82, 2.24) is 0 Å². The number of benzene rings is 3. The second-order valence-corrected chi connectivity index (χ2v) is 4.86. The second-order valence-electron chi connectivity index (χ2n) is 4.86. The fourth-order valence-corrected chi connectivity index (χ4v) is 2.09. The first-order chi connectivity index (χ1) is 10.8. The van der Waals surface area contributed by atoms with E-state index in [9.17, 15) is 5.11 Å². The van der Waals surface area contributed by atoms with Gasteiger partial charge in [0.2, 0.25) is 0 Å². The molecule has 0 saturated heterocycles. The van der Waals surface area contributed by atoms with E-state index in [2.05, 4.69) is 10.3 Å². The third-order valence-electron chi connectivity index (χ3n) is 3.20. The number of para-hydroxylation sites is 2. The van der Waals surface area contributed by atoms with Crippen LogP contribution in [0.1, 0.15) is 5.56 Å². The van der Waals surface area contributed by atoms with Crippen molar-refractivity contribution in [3.8, 4) is 5.75 Å². The van der Waals surface area contributed by atoms with Crippen molar-refractivity contribution >= 4 is 23.3 Å². The summed E-state index contributed by atoms with van der Waals surface area (Å²) in [4.78, 5) is 4.41. The zero-order valence-electron chi connectivity index (χ0n) is 12.0. The van der Waals surface area contributed by atoms with Crippen LogP contribution in [0.25, 0.3) is 0 Å². The van der Waals surface area contributed by atoms with Gasteiger partial charge in [-0.05, 0) is 42.5 Å². The standard InChI is InChI=1S/C19H16N2O/c22-19-12-5-4-7-15(19)14-20-17-10-6-11-18(13-17)21-16-8-2-1-3-9-16/h1-14,21-22H. The van der Waals surface area contributed by atoms with Crippen molar-refractivity contribution in [2.45, 2.75) is 0 Å². The van der Waals surface area contributed by atoms with Gasteiger partial charge >= 0.3 is 0 Å². The SMILES string of the molecule is Oc1ccccc1C=Nc1cccc(Nc2ccccc2)c1. The van der Waals surface area contributed by atoms with Crippen LogP contribution < -0.4 is 5.32 Å². The molecule has 22 heavy (non-hydrogen) atoms. The minimum Gasteiger partial charge on any atom is -0.507 e. The molecule has 0 radical (unpaired) electrons. The monoisotopic (exact) mass is 288 g/mol. The molecule has 3 rings (SSSR count). The van der Waals surface area contributed by atoms with Crippen LogP contribution in [-0.4, -0.2) is 11.3 Å². The quantitative estimate of drug-likeness (QED) is 0.671. The first-order valence-electron chi connectivity index (χ1n) is 7.05. The molecule has 108 valence electrons. The van der Waals surface area contributed by atoms with Crippen molar-refractivity contribution in [3.05, 3.63) is 84.4 Å². The van der Waals surface area contributed by atoms with E-state index < -0.39 is 0 Å². The van der Waals surface area contributed by atoms with Gasteiger partial charge in [0.1, 0.15) is 5.75 Å². The first-order valence-corrected chi connectivity index (χ1v) is 7.05. The van der Waals surface area contributed by atoms with E-state index in [0.717, 1.165) is 17.1 Å². The number of nitrogens with one attached hydrogen (secondary N) is 1. The lowest BCUT2D eigenvalue weighted by molar-refractivity contribution is 0.474. The summed E-state index contributed by atoms with van der Waals surface area (Å²) < 4.78 is 0. The Morgan fingerprint density at radius 1 is 0.773 bits per heavy atom. The minimum absolute atomic E-state index is 0.227. The predicted molar refractivity (Wildman–Crippen MR) is 91.5 cm³/mol. The van der Waals surface area contributed by atoms with Crippen molar-refractivity contribution in [1.29, 1.82) is 0 Å². The van der Waals surface area contributed by atoms with Crippen LogP contribution in [0.4, 0.5) is 17.1 Å². The highest BCUT2D eigenvalue weighted by Crippen LogP contribution is 2.22. The molecule has 0 spiro atoms. The Hall–Kier alpha value is -3.07. The van der Waals surface area contributed by atoms with Gasteiger partial charge in [-0.2, -0.15) is 0 Å². The average molecular weight is 288 g/mol. The number of phenolic OH excluding ortho intramolecular Hbond substituents is 1. The van der Waals surface area contributed by atoms with E-state index >= 15 is 0 Å². The molecule has 0 bridgehead atoms. The highest BCUT2D eigenvalue weighted by Gasteiger charge is 1.97. The van der Waals surface area contributed by atoms with Crippen molar-refractivity contribution < 1.29 is 5.11 Å². The van der Waals surface area contributed by atoms with Gasteiger partial charge < -0.3 is 10.4 Å². The number of phenols is 1. The van der Waals surface area contributed by atoms with Gasteiger partial charge in [0.25, 0.3) is 0 Å². The average Bonchev–Trinajstić information content (AvgIpc) is 2.55. The molecule has 3 nitrogen and oxygen atoms in total. The maximum atomic E-state index is 9.73. The smallest absolute Gasteiger partial charge is 0.124 e. The summed E-state index contributed by atoms with van der Waals surface area (Å²) in [5, 5.41) is 13.1. The summed E-state index contributed by atoms with van der Waals surface area (Å²) in [5.41, 5.74) is 3.52. The fraction of sp³-hybridized carbons (Fsp3) is 0. The van der Waals surface area contributed by atoms with Gasteiger partial charge in [0, 0.05) is 23.2 Å². The van der Waals surface area contributed by atoms with E-state index in [1.165, 1.54) is 0 Å². The van der Waals surface area contributed by atoms with Crippen LogP contribution in [0.2, 0.25) is 0 Å². The molecule has 0 atom stereocenters. The van der Waals surface area contributed by atoms with Gasteiger partial charge in [0.15, 0.2) is 0 Å². The molecule has 0 aromatic heterocycles. The third kappa shape index (κ3) is 3.52. The highest BCUT2D eigenvalue weighted by atomic mass is 16.3. The number of aliphatic imine (C=N–C) groups is 1. The van der Waals surface area contributed by atoms with Crippen molar-refractivity contribution in [2.24, 2.45) is 4.99 Å². The summed E-state index contributed by atoms with van der Waals surface area (Å²) in [5.74, 6) is 0.227. The van der Waals surface area contributed by atoms with Crippen LogP contribution >= 0.6 is 0 Å². The zero-order chi connectivity index (χ0) is 15.2. The predicted octanol–water partition coefficient (Wildman–Crippen LogP) is 4.89. The van der Waals surface area contributed by atoms with Crippen molar-refractivity contribution in [3.63, 3.8) is 0 Å².